The van der Waals surface area contributed by atoms with Gasteiger partial charge in [-0.3, -0.25) is 9.78 Å². The van der Waals surface area contributed by atoms with E-state index in [1.807, 2.05) is 26.0 Å². The van der Waals surface area contributed by atoms with Crippen molar-refractivity contribution in [1.82, 2.24) is 20.3 Å². The van der Waals surface area contributed by atoms with E-state index in [9.17, 15) is 4.79 Å². The Morgan fingerprint density at radius 3 is 2.50 bits per heavy atom. The van der Waals surface area contributed by atoms with Crippen LogP contribution in [0.15, 0.2) is 36.9 Å². The SMILES string of the molecule is CCc1ncc(C(=O)NC(C)Cc2ccncc2)cn1. The zero-order chi connectivity index (χ0) is 14.4. The second kappa shape index (κ2) is 6.75. The molecule has 5 heteroatoms. The van der Waals surface area contributed by atoms with Crippen molar-refractivity contribution >= 4 is 5.91 Å². The number of carbonyl (C=O) groups is 1. The van der Waals surface area contributed by atoms with Crippen molar-refractivity contribution in [2.24, 2.45) is 0 Å². The first-order valence-corrected chi connectivity index (χ1v) is 6.69. The average Bonchev–Trinajstić information content (AvgIpc) is 2.48. The molecule has 0 saturated heterocycles. The summed E-state index contributed by atoms with van der Waals surface area (Å²) in [7, 11) is 0. The zero-order valence-electron chi connectivity index (χ0n) is 11.7. The highest BCUT2D eigenvalue weighted by Crippen LogP contribution is 2.03. The highest BCUT2D eigenvalue weighted by atomic mass is 16.1. The van der Waals surface area contributed by atoms with Crippen LogP contribution in [0.2, 0.25) is 0 Å². The summed E-state index contributed by atoms with van der Waals surface area (Å²) in [5.41, 5.74) is 1.63. The van der Waals surface area contributed by atoms with Crippen molar-refractivity contribution in [3.8, 4) is 0 Å². The molecule has 2 rings (SSSR count). The summed E-state index contributed by atoms with van der Waals surface area (Å²) in [6, 6.07) is 3.93. The van der Waals surface area contributed by atoms with Gasteiger partial charge in [0.2, 0.25) is 0 Å². The van der Waals surface area contributed by atoms with Gasteiger partial charge in [0, 0.05) is 37.3 Å². The van der Waals surface area contributed by atoms with Gasteiger partial charge >= 0.3 is 0 Å². The van der Waals surface area contributed by atoms with Gasteiger partial charge in [0.15, 0.2) is 0 Å². The first-order valence-electron chi connectivity index (χ1n) is 6.69. The Kier molecular flexibility index (Phi) is 4.76. The number of carbonyl (C=O) groups excluding carboxylic acids is 1. The molecule has 20 heavy (non-hydrogen) atoms. The number of aromatic nitrogens is 3. The van der Waals surface area contributed by atoms with E-state index in [1.165, 1.54) is 0 Å². The van der Waals surface area contributed by atoms with Crippen LogP contribution in [0.25, 0.3) is 0 Å². The molecule has 5 nitrogen and oxygen atoms in total. The topological polar surface area (TPSA) is 67.8 Å². The Morgan fingerprint density at radius 2 is 1.90 bits per heavy atom. The number of nitrogens with one attached hydrogen (secondary N) is 1. The normalized spacial score (nSPS) is 11.9. The third-order valence-corrected chi connectivity index (χ3v) is 2.95. The van der Waals surface area contributed by atoms with Gasteiger partial charge in [-0.15, -0.1) is 0 Å². The number of aryl methyl sites for hydroxylation is 1. The lowest BCUT2D eigenvalue weighted by Gasteiger charge is -2.13. The molecule has 2 heterocycles. The highest BCUT2D eigenvalue weighted by molar-refractivity contribution is 5.93. The van der Waals surface area contributed by atoms with Gasteiger partial charge in [0.1, 0.15) is 5.82 Å². The number of rotatable bonds is 5. The predicted molar refractivity (Wildman–Crippen MR) is 76.3 cm³/mol. The first-order chi connectivity index (χ1) is 9.69. The van der Waals surface area contributed by atoms with Crippen LogP contribution in [0, 0.1) is 0 Å². The van der Waals surface area contributed by atoms with E-state index in [1.54, 1.807) is 24.8 Å². The summed E-state index contributed by atoms with van der Waals surface area (Å²) in [6.07, 6.45) is 8.17. The van der Waals surface area contributed by atoms with E-state index < -0.39 is 0 Å². The molecular weight excluding hydrogens is 252 g/mol. The quantitative estimate of drug-likeness (QED) is 0.899. The lowest BCUT2D eigenvalue weighted by atomic mass is 10.1. The summed E-state index contributed by atoms with van der Waals surface area (Å²) in [5.74, 6) is 0.598. The molecule has 2 aromatic heterocycles. The second-order valence-electron chi connectivity index (χ2n) is 4.68. The maximum Gasteiger partial charge on any atom is 0.254 e. The monoisotopic (exact) mass is 270 g/mol. The number of amides is 1. The molecule has 0 aliphatic carbocycles. The van der Waals surface area contributed by atoms with Gasteiger partial charge in [-0.05, 0) is 31.0 Å². The Hall–Kier alpha value is -2.30. The molecule has 0 radical (unpaired) electrons. The van der Waals surface area contributed by atoms with Gasteiger partial charge in [-0.1, -0.05) is 6.92 Å². The number of hydrogen-bond acceptors (Lipinski definition) is 4. The third-order valence-electron chi connectivity index (χ3n) is 2.95. The molecule has 0 fully saturated rings. The van der Waals surface area contributed by atoms with Crippen molar-refractivity contribution < 1.29 is 4.79 Å². The van der Waals surface area contributed by atoms with Crippen molar-refractivity contribution in [1.29, 1.82) is 0 Å². The van der Waals surface area contributed by atoms with Gasteiger partial charge in [0.25, 0.3) is 5.91 Å². The molecular formula is C15H18N4O. The number of hydrogen-bond donors (Lipinski definition) is 1. The van der Waals surface area contributed by atoms with Crippen LogP contribution in [0.4, 0.5) is 0 Å². The van der Waals surface area contributed by atoms with Crippen molar-refractivity contribution in [2.75, 3.05) is 0 Å². The minimum atomic E-state index is -0.144. The summed E-state index contributed by atoms with van der Waals surface area (Å²) >= 11 is 0. The Balaban J connectivity index is 1.93. The zero-order valence-corrected chi connectivity index (χ0v) is 11.7. The van der Waals surface area contributed by atoms with Crippen LogP contribution in [0.1, 0.15) is 35.6 Å². The summed E-state index contributed by atoms with van der Waals surface area (Å²) < 4.78 is 0. The molecule has 2 aromatic rings. The minimum absolute atomic E-state index is 0.0377. The molecule has 104 valence electrons. The predicted octanol–water partition coefficient (Wildman–Crippen LogP) is 1.80. The average molecular weight is 270 g/mol. The van der Waals surface area contributed by atoms with Crippen molar-refractivity contribution in [3.05, 3.63) is 53.9 Å². The Labute approximate surface area is 118 Å². The van der Waals surface area contributed by atoms with Crippen molar-refractivity contribution in [2.45, 2.75) is 32.7 Å². The summed E-state index contributed by atoms with van der Waals surface area (Å²) in [4.78, 5) is 24.3. The van der Waals surface area contributed by atoms with Crippen LogP contribution < -0.4 is 5.32 Å². The minimum Gasteiger partial charge on any atom is -0.349 e. The van der Waals surface area contributed by atoms with E-state index in [0.717, 1.165) is 24.2 Å². The van der Waals surface area contributed by atoms with Gasteiger partial charge in [-0.25, -0.2) is 9.97 Å². The maximum atomic E-state index is 12.0. The highest BCUT2D eigenvalue weighted by Gasteiger charge is 2.11. The van der Waals surface area contributed by atoms with E-state index in [2.05, 4.69) is 20.3 Å². The molecule has 1 atom stereocenters. The molecule has 0 saturated carbocycles. The summed E-state index contributed by atoms with van der Waals surface area (Å²) in [6.45, 7) is 3.95. The van der Waals surface area contributed by atoms with Crippen LogP contribution in [-0.2, 0) is 12.8 Å². The fourth-order valence-electron chi connectivity index (χ4n) is 1.89. The molecule has 0 aliphatic rings. The molecule has 1 unspecified atom stereocenters. The van der Waals surface area contributed by atoms with Crippen LogP contribution >= 0.6 is 0 Å². The van der Waals surface area contributed by atoms with Gasteiger partial charge < -0.3 is 5.32 Å². The maximum absolute atomic E-state index is 12.0. The standard InChI is InChI=1S/C15H18N4O/c1-3-14-17-9-13(10-18-14)15(20)19-11(2)8-12-4-6-16-7-5-12/h4-7,9-11H,3,8H2,1-2H3,(H,19,20). The second-order valence-corrected chi connectivity index (χ2v) is 4.68. The van der Waals surface area contributed by atoms with Gasteiger partial charge in [0.05, 0.1) is 5.56 Å². The lowest BCUT2D eigenvalue weighted by molar-refractivity contribution is 0.0939. The smallest absolute Gasteiger partial charge is 0.254 e. The Bertz CT molecular complexity index is 554. The van der Waals surface area contributed by atoms with Crippen LogP contribution in [0.5, 0.6) is 0 Å². The van der Waals surface area contributed by atoms with E-state index in [0.29, 0.717) is 5.56 Å². The van der Waals surface area contributed by atoms with Gasteiger partial charge in [-0.2, -0.15) is 0 Å². The molecule has 0 spiro atoms. The summed E-state index contributed by atoms with van der Waals surface area (Å²) in [5, 5.41) is 2.94. The molecule has 0 aromatic carbocycles. The lowest BCUT2D eigenvalue weighted by Crippen LogP contribution is -2.34. The van der Waals surface area contributed by atoms with E-state index in [-0.39, 0.29) is 11.9 Å². The fourth-order valence-corrected chi connectivity index (χ4v) is 1.89. The Morgan fingerprint density at radius 1 is 1.25 bits per heavy atom. The molecule has 1 amide bonds. The largest absolute Gasteiger partial charge is 0.349 e. The third kappa shape index (κ3) is 3.85. The van der Waals surface area contributed by atoms with E-state index >= 15 is 0 Å². The fraction of sp³-hybridized carbons (Fsp3) is 0.333. The first kappa shape index (κ1) is 14.1. The molecule has 1 N–H and O–H groups in total. The van der Waals surface area contributed by atoms with Crippen LogP contribution in [-0.4, -0.2) is 26.9 Å². The molecule has 0 aliphatic heterocycles. The van der Waals surface area contributed by atoms with Crippen LogP contribution in [0.3, 0.4) is 0 Å². The number of pyridine rings is 1. The molecule has 0 bridgehead atoms. The van der Waals surface area contributed by atoms with E-state index in [4.69, 9.17) is 0 Å². The van der Waals surface area contributed by atoms with Crippen molar-refractivity contribution in [3.63, 3.8) is 0 Å². The number of nitrogens with zero attached hydrogens (tertiary/aromatic N) is 3.